The first-order chi connectivity index (χ1) is 8.15. The van der Waals surface area contributed by atoms with Crippen LogP contribution in [0.25, 0.3) is 0 Å². The van der Waals surface area contributed by atoms with Gasteiger partial charge in [-0.1, -0.05) is 0 Å². The SMILES string of the molecule is Cc1csc(C(C)NCC2CCNC(C)C2)n1. The molecule has 0 aliphatic carbocycles. The van der Waals surface area contributed by atoms with Crippen LogP contribution >= 0.6 is 11.3 Å². The van der Waals surface area contributed by atoms with E-state index < -0.39 is 0 Å². The highest BCUT2D eigenvalue weighted by molar-refractivity contribution is 7.09. The van der Waals surface area contributed by atoms with Gasteiger partial charge in [0.05, 0.1) is 6.04 Å². The molecule has 0 bridgehead atoms. The minimum absolute atomic E-state index is 0.388. The summed E-state index contributed by atoms with van der Waals surface area (Å²) in [5.74, 6) is 0.815. The largest absolute Gasteiger partial charge is 0.314 e. The molecule has 2 N–H and O–H groups in total. The van der Waals surface area contributed by atoms with Crippen LogP contribution in [0.3, 0.4) is 0 Å². The van der Waals surface area contributed by atoms with E-state index in [-0.39, 0.29) is 0 Å². The first-order valence-corrected chi connectivity index (χ1v) is 7.42. The Labute approximate surface area is 108 Å². The number of hydrogen-bond acceptors (Lipinski definition) is 4. The fraction of sp³-hybridized carbons (Fsp3) is 0.769. The predicted octanol–water partition coefficient (Wildman–Crippen LogP) is 2.49. The topological polar surface area (TPSA) is 37.0 Å². The summed E-state index contributed by atoms with van der Waals surface area (Å²) in [6, 6.07) is 1.06. The van der Waals surface area contributed by atoms with E-state index in [1.54, 1.807) is 11.3 Å². The molecule has 1 fully saturated rings. The van der Waals surface area contributed by atoms with Crippen molar-refractivity contribution in [2.45, 2.75) is 45.7 Å². The lowest BCUT2D eigenvalue weighted by Gasteiger charge is -2.29. The van der Waals surface area contributed by atoms with Crippen molar-refractivity contribution in [2.24, 2.45) is 5.92 Å². The van der Waals surface area contributed by atoms with Crippen molar-refractivity contribution in [1.29, 1.82) is 0 Å². The van der Waals surface area contributed by atoms with Gasteiger partial charge in [-0.15, -0.1) is 11.3 Å². The van der Waals surface area contributed by atoms with Crippen LogP contribution in [0.15, 0.2) is 5.38 Å². The lowest BCUT2D eigenvalue weighted by Crippen LogP contribution is -2.39. The van der Waals surface area contributed by atoms with Gasteiger partial charge in [0.1, 0.15) is 5.01 Å². The number of rotatable bonds is 4. The van der Waals surface area contributed by atoms with Gasteiger partial charge < -0.3 is 10.6 Å². The lowest BCUT2D eigenvalue weighted by molar-refractivity contribution is 0.297. The molecule has 2 rings (SSSR count). The maximum absolute atomic E-state index is 4.53. The van der Waals surface area contributed by atoms with E-state index in [1.807, 2.05) is 0 Å². The molecule has 1 aromatic rings. The minimum atomic E-state index is 0.388. The van der Waals surface area contributed by atoms with Gasteiger partial charge in [-0.25, -0.2) is 4.98 Å². The molecule has 3 atom stereocenters. The monoisotopic (exact) mass is 253 g/mol. The summed E-state index contributed by atoms with van der Waals surface area (Å²) in [6.45, 7) is 8.83. The van der Waals surface area contributed by atoms with Gasteiger partial charge in [0, 0.05) is 17.1 Å². The molecule has 1 aliphatic heterocycles. The van der Waals surface area contributed by atoms with Crippen molar-refractivity contribution < 1.29 is 0 Å². The van der Waals surface area contributed by atoms with Crippen LogP contribution in [0, 0.1) is 12.8 Å². The lowest BCUT2D eigenvalue weighted by atomic mass is 9.93. The van der Waals surface area contributed by atoms with Crippen molar-refractivity contribution >= 4 is 11.3 Å². The standard InChI is InChI=1S/C13H23N3S/c1-9-6-12(4-5-14-9)7-15-11(3)13-16-10(2)8-17-13/h8-9,11-12,14-15H,4-7H2,1-3H3. The Morgan fingerprint density at radius 2 is 2.47 bits per heavy atom. The van der Waals surface area contributed by atoms with Gasteiger partial charge in [0.15, 0.2) is 0 Å². The fourth-order valence-corrected chi connectivity index (χ4v) is 3.25. The molecule has 0 spiro atoms. The van der Waals surface area contributed by atoms with Crippen molar-refractivity contribution in [3.8, 4) is 0 Å². The molecule has 17 heavy (non-hydrogen) atoms. The van der Waals surface area contributed by atoms with Crippen molar-refractivity contribution in [3.05, 3.63) is 16.1 Å². The van der Waals surface area contributed by atoms with E-state index in [9.17, 15) is 0 Å². The van der Waals surface area contributed by atoms with Gasteiger partial charge in [-0.2, -0.15) is 0 Å². The van der Waals surface area contributed by atoms with Crippen LogP contribution in [-0.4, -0.2) is 24.1 Å². The van der Waals surface area contributed by atoms with Crippen LogP contribution in [0.5, 0.6) is 0 Å². The van der Waals surface area contributed by atoms with E-state index in [2.05, 4.69) is 41.8 Å². The fourth-order valence-electron chi connectivity index (χ4n) is 2.42. The van der Waals surface area contributed by atoms with E-state index in [0.717, 1.165) is 24.7 Å². The second-order valence-electron chi connectivity index (χ2n) is 5.20. The normalized spacial score (nSPS) is 27.0. The number of nitrogens with one attached hydrogen (secondary N) is 2. The third kappa shape index (κ3) is 3.76. The maximum Gasteiger partial charge on any atom is 0.110 e. The molecule has 0 aromatic carbocycles. The summed E-state index contributed by atoms with van der Waals surface area (Å²) >= 11 is 1.76. The molecule has 2 heterocycles. The maximum atomic E-state index is 4.53. The Kier molecular flexibility index (Phi) is 4.54. The summed E-state index contributed by atoms with van der Waals surface area (Å²) in [6.07, 6.45) is 2.58. The molecular weight excluding hydrogens is 230 g/mol. The van der Waals surface area contributed by atoms with Crippen molar-refractivity contribution in [1.82, 2.24) is 15.6 Å². The third-order valence-corrected chi connectivity index (χ3v) is 4.60. The van der Waals surface area contributed by atoms with Crippen LogP contribution in [0.2, 0.25) is 0 Å². The second-order valence-corrected chi connectivity index (χ2v) is 6.09. The van der Waals surface area contributed by atoms with Crippen LogP contribution < -0.4 is 10.6 Å². The summed E-state index contributed by atoms with van der Waals surface area (Å²) in [5, 5.41) is 10.5. The number of aryl methyl sites for hydroxylation is 1. The van der Waals surface area contributed by atoms with Crippen LogP contribution in [0.4, 0.5) is 0 Å². The summed E-state index contributed by atoms with van der Waals surface area (Å²) < 4.78 is 0. The number of nitrogens with zero attached hydrogens (tertiary/aromatic N) is 1. The van der Waals surface area contributed by atoms with Gasteiger partial charge >= 0.3 is 0 Å². The number of piperidine rings is 1. The zero-order chi connectivity index (χ0) is 12.3. The summed E-state index contributed by atoms with van der Waals surface area (Å²) in [5.41, 5.74) is 1.13. The predicted molar refractivity (Wildman–Crippen MR) is 73.5 cm³/mol. The van der Waals surface area contributed by atoms with E-state index >= 15 is 0 Å². The van der Waals surface area contributed by atoms with E-state index in [4.69, 9.17) is 0 Å². The Bertz CT molecular complexity index is 350. The highest BCUT2D eigenvalue weighted by atomic mass is 32.1. The molecule has 0 amide bonds. The quantitative estimate of drug-likeness (QED) is 0.865. The van der Waals surface area contributed by atoms with E-state index in [1.165, 1.54) is 17.8 Å². The summed E-state index contributed by atoms with van der Waals surface area (Å²) in [4.78, 5) is 4.53. The van der Waals surface area contributed by atoms with Crippen LogP contribution in [-0.2, 0) is 0 Å². The minimum Gasteiger partial charge on any atom is -0.314 e. The van der Waals surface area contributed by atoms with Crippen molar-refractivity contribution in [3.63, 3.8) is 0 Å². The zero-order valence-corrected chi connectivity index (χ0v) is 11.8. The number of aromatic nitrogens is 1. The Hall–Kier alpha value is -0.450. The molecule has 0 radical (unpaired) electrons. The molecule has 1 aliphatic rings. The average Bonchev–Trinajstić information content (AvgIpc) is 2.73. The third-order valence-electron chi connectivity index (χ3n) is 3.45. The molecule has 0 saturated carbocycles. The first-order valence-electron chi connectivity index (χ1n) is 6.54. The highest BCUT2D eigenvalue weighted by Crippen LogP contribution is 2.20. The molecule has 1 aromatic heterocycles. The molecule has 3 unspecified atom stereocenters. The Morgan fingerprint density at radius 1 is 1.65 bits per heavy atom. The van der Waals surface area contributed by atoms with Gasteiger partial charge in [-0.3, -0.25) is 0 Å². The van der Waals surface area contributed by atoms with Gasteiger partial charge in [-0.05, 0) is 52.6 Å². The number of thiazole rings is 1. The Balaban J connectivity index is 1.77. The van der Waals surface area contributed by atoms with E-state index in [0.29, 0.717) is 12.1 Å². The smallest absolute Gasteiger partial charge is 0.110 e. The zero-order valence-electron chi connectivity index (χ0n) is 11.0. The second kappa shape index (κ2) is 5.94. The molecule has 96 valence electrons. The molecule has 3 nitrogen and oxygen atoms in total. The van der Waals surface area contributed by atoms with Gasteiger partial charge in [0.25, 0.3) is 0 Å². The Morgan fingerprint density at radius 3 is 3.12 bits per heavy atom. The summed E-state index contributed by atoms with van der Waals surface area (Å²) in [7, 11) is 0. The highest BCUT2D eigenvalue weighted by Gasteiger charge is 2.19. The number of hydrogen-bond donors (Lipinski definition) is 2. The average molecular weight is 253 g/mol. The molecular formula is C13H23N3S. The molecule has 1 saturated heterocycles. The van der Waals surface area contributed by atoms with Crippen LogP contribution in [0.1, 0.15) is 43.4 Å². The molecule has 4 heteroatoms. The van der Waals surface area contributed by atoms with Gasteiger partial charge in [0.2, 0.25) is 0 Å². The van der Waals surface area contributed by atoms with Crippen molar-refractivity contribution in [2.75, 3.05) is 13.1 Å². The first kappa shape index (κ1) is 13.0.